The number of methoxy groups -OCH3 is 1. The highest BCUT2D eigenvalue weighted by molar-refractivity contribution is 9.14. The van der Waals surface area contributed by atoms with Gasteiger partial charge in [-0.25, -0.2) is 0 Å². The Morgan fingerprint density at radius 3 is 2.31 bits per heavy atom. The monoisotopic (exact) mass is 344 g/mol. The molecule has 0 unspecified atom stereocenters. The van der Waals surface area contributed by atoms with Crippen molar-refractivity contribution in [3.05, 3.63) is 38.3 Å². The van der Waals surface area contributed by atoms with Gasteiger partial charge in [-0.3, -0.25) is 9.59 Å². The van der Waals surface area contributed by atoms with E-state index in [1.54, 1.807) is 18.2 Å². The maximum atomic E-state index is 12.0. The molecule has 0 spiro atoms. The van der Waals surface area contributed by atoms with Gasteiger partial charge in [-0.05, 0) is 44.0 Å². The average molecular weight is 346 g/mol. The van der Waals surface area contributed by atoms with E-state index in [4.69, 9.17) is 4.74 Å². The Labute approximate surface area is 109 Å². The number of carbonyl (C=O) groups is 2. The van der Waals surface area contributed by atoms with Crippen LogP contribution in [0.4, 0.5) is 0 Å². The van der Waals surface area contributed by atoms with Crippen molar-refractivity contribution in [1.29, 1.82) is 0 Å². The van der Waals surface area contributed by atoms with Crippen LogP contribution in [0.15, 0.2) is 27.2 Å². The van der Waals surface area contributed by atoms with Gasteiger partial charge in [-0.15, -0.1) is 0 Å². The second kappa shape index (κ2) is 4.14. The van der Waals surface area contributed by atoms with E-state index in [-0.39, 0.29) is 20.5 Å². The summed E-state index contributed by atoms with van der Waals surface area (Å²) in [6, 6.07) is 4.95. The van der Waals surface area contributed by atoms with Crippen LogP contribution in [0.2, 0.25) is 0 Å². The molecule has 0 aliphatic heterocycles. The van der Waals surface area contributed by atoms with Crippen molar-refractivity contribution >= 4 is 43.4 Å². The molecule has 0 amide bonds. The number of fused-ring (bicyclic) bond motifs is 1. The lowest BCUT2D eigenvalue weighted by Gasteiger charge is -2.16. The number of halogens is 2. The van der Waals surface area contributed by atoms with Crippen molar-refractivity contribution in [3.63, 3.8) is 0 Å². The summed E-state index contributed by atoms with van der Waals surface area (Å²) in [6.45, 7) is 0. The number of hydrogen-bond donors (Lipinski definition) is 0. The van der Waals surface area contributed by atoms with Crippen LogP contribution in [-0.4, -0.2) is 18.7 Å². The number of ketones is 2. The summed E-state index contributed by atoms with van der Waals surface area (Å²) in [5.74, 6) is -0.0629. The van der Waals surface area contributed by atoms with Crippen molar-refractivity contribution in [1.82, 2.24) is 0 Å². The number of ether oxygens (including phenoxy) is 1. The molecule has 0 saturated heterocycles. The molecule has 82 valence electrons. The Bertz CT molecular complexity index is 532. The van der Waals surface area contributed by atoms with Gasteiger partial charge in [-0.2, -0.15) is 0 Å². The first-order chi connectivity index (χ1) is 7.57. The van der Waals surface area contributed by atoms with Crippen molar-refractivity contribution in [2.45, 2.75) is 0 Å². The van der Waals surface area contributed by atoms with Crippen LogP contribution < -0.4 is 4.74 Å². The van der Waals surface area contributed by atoms with Gasteiger partial charge in [0.15, 0.2) is 0 Å². The standard InChI is InChI=1S/C11H6Br2O3/c1-16-6-4-2-3-5-7(6)11(15)9(13)8(12)10(5)14/h2-4H,1H3. The third kappa shape index (κ3) is 1.55. The molecule has 0 heterocycles. The highest BCUT2D eigenvalue weighted by Crippen LogP contribution is 2.36. The number of benzene rings is 1. The smallest absolute Gasteiger partial charge is 0.205 e. The van der Waals surface area contributed by atoms with E-state index in [1.165, 1.54) is 7.11 Å². The fraction of sp³-hybridized carbons (Fsp3) is 0.0909. The fourth-order valence-electron chi connectivity index (χ4n) is 1.55. The first-order valence-corrected chi connectivity index (χ1v) is 5.98. The van der Waals surface area contributed by atoms with E-state index in [0.29, 0.717) is 16.9 Å². The van der Waals surface area contributed by atoms with Crippen LogP contribution >= 0.6 is 31.9 Å². The fourth-order valence-corrected chi connectivity index (χ4v) is 2.32. The van der Waals surface area contributed by atoms with Gasteiger partial charge in [0.25, 0.3) is 0 Å². The van der Waals surface area contributed by atoms with Gasteiger partial charge in [0.1, 0.15) is 5.75 Å². The van der Waals surface area contributed by atoms with Gasteiger partial charge >= 0.3 is 0 Å². The predicted molar refractivity (Wildman–Crippen MR) is 66.5 cm³/mol. The Kier molecular flexibility index (Phi) is 2.99. The predicted octanol–water partition coefficient (Wildman–Crippen LogP) is 3.08. The lowest BCUT2D eigenvalue weighted by molar-refractivity contribution is 0.0987. The highest BCUT2D eigenvalue weighted by Gasteiger charge is 2.32. The molecule has 0 fully saturated rings. The molecule has 2 rings (SSSR count). The molecule has 0 radical (unpaired) electrons. The van der Waals surface area contributed by atoms with Crippen LogP contribution in [-0.2, 0) is 0 Å². The zero-order chi connectivity index (χ0) is 11.9. The number of rotatable bonds is 1. The lowest BCUT2D eigenvalue weighted by atomic mass is 9.94. The zero-order valence-corrected chi connectivity index (χ0v) is 11.4. The van der Waals surface area contributed by atoms with Crippen LogP contribution in [0.1, 0.15) is 20.7 Å². The third-order valence-electron chi connectivity index (χ3n) is 2.31. The Balaban J connectivity index is 2.76. The summed E-state index contributed by atoms with van der Waals surface area (Å²) in [5, 5.41) is 0. The summed E-state index contributed by atoms with van der Waals surface area (Å²) in [7, 11) is 1.47. The molecule has 1 aliphatic rings. The normalized spacial score (nSPS) is 15.2. The molecular weight excluding hydrogens is 340 g/mol. The number of carbonyl (C=O) groups excluding carboxylic acids is 2. The zero-order valence-electron chi connectivity index (χ0n) is 8.21. The van der Waals surface area contributed by atoms with Gasteiger partial charge in [0.05, 0.1) is 21.6 Å². The SMILES string of the molecule is COc1cccc2c1C(=O)C(Br)=C(Br)C2=O. The second-order valence-corrected chi connectivity index (χ2v) is 4.76. The number of hydrogen-bond acceptors (Lipinski definition) is 3. The molecule has 0 bridgehead atoms. The number of allylic oxidation sites excluding steroid dienone is 2. The Morgan fingerprint density at radius 2 is 1.69 bits per heavy atom. The molecular formula is C11H6Br2O3. The topological polar surface area (TPSA) is 43.4 Å². The van der Waals surface area contributed by atoms with Gasteiger partial charge < -0.3 is 4.74 Å². The number of Topliss-reactive ketones (excluding diaryl/α,β-unsaturated/α-hetero) is 2. The molecule has 0 saturated carbocycles. The van der Waals surface area contributed by atoms with Crippen molar-refractivity contribution in [3.8, 4) is 5.75 Å². The second-order valence-electron chi connectivity index (χ2n) is 3.17. The molecule has 3 nitrogen and oxygen atoms in total. The van der Waals surface area contributed by atoms with Gasteiger partial charge in [0.2, 0.25) is 11.6 Å². The molecule has 1 aromatic carbocycles. The molecule has 1 aliphatic carbocycles. The van der Waals surface area contributed by atoms with Gasteiger partial charge in [0, 0.05) is 5.56 Å². The lowest BCUT2D eigenvalue weighted by Crippen LogP contribution is -2.18. The molecule has 5 heteroatoms. The van der Waals surface area contributed by atoms with Crippen molar-refractivity contribution in [2.24, 2.45) is 0 Å². The van der Waals surface area contributed by atoms with Crippen LogP contribution in [0.3, 0.4) is 0 Å². The summed E-state index contributed by atoms with van der Waals surface area (Å²) in [6.07, 6.45) is 0. The van der Waals surface area contributed by atoms with E-state index >= 15 is 0 Å². The molecule has 1 aromatic rings. The first-order valence-electron chi connectivity index (χ1n) is 4.39. The van der Waals surface area contributed by atoms with E-state index in [0.717, 1.165) is 0 Å². The largest absolute Gasteiger partial charge is 0.496 e. The molecule has 16 heavy (non-hydrogen) atoms. The van der Waals surface area contributed by atoms with Gasteiger partial charge in [-0.1, -0.05) is 6.07 Å². The average Bonchev–Trinajstić information content (AvgIpc) is 2.32. The summed E-state index contributed by atoms with van der Waals surface area (Å²) in [4.78, 5) is 23.9. The van der Waals surface area contributed by atoms with Crippen LogP contribution in [0.25, 0.3) is 0 Å². The van der Waals surface area contributed by atoms with Crippen molar-refractivity contribution < 1.29 is 14.3 Å². The summed E-state index contributed by atoms with van der Waals surface area (Å²) >= 11 is 6.20. The Morgan fingerprint density at radius 1 is 1.06 bits per heavy atom. The van der Waals surface area contributed by atoms with E-state index in [1.807, 2.05) is 0 Å². The minimum Gasteiger partial charge on any atom is -0.496 e. The van der Waals surface area contributed by atoms with E-state index in [2.05, 4.69) is 31.9 Å². The first kappa shape index (κ1) is 11.5. The Hall–Kier alpha value is -0.940. The van der Waals surface area contributed by atoms with E-state index < -0.39 is 0 Å². The summed E-state index contributed by atoms with van der Waals surface area (Å²) < 4.78 is 5.56. The maximum Gasteiger partial charge on any atom is 0.205 e. The maximum absolute atomic E-state index is 12.0. The summed E-state index contributed by atoms with van der Waals surface area (Å²) in [5.41, 5.74) is 0.671. The minimum absolute atomic E-state index is 0.222. The quantitative estimate of drug-likeness (QED) is 0.785. The van der Waals surface area contributed by atoms with Crippen LogP contribution in [0.5, 0.6) is 5.75 Å². The molecule has 0 atom stereocenters. The minimum atomic E-state index is -0.251. The van der Waals surface area contributed by atoms with E-state index in [9.17, 15) is 9.59 Å². The molecule has 0 aromatic heterocycles. The molecule has 0 N–H and O–H groups in total. The third-order valence-corrected chi connectivity index (χ3v) is 4.35. The van der Waals surface area contributed by atoms with Crippen LogP contribution in [0, 0.1) is 0 Å². The highest BCUT2D eigenvalue weighted by atomic mass is 79.9. The van der Waals surface area contributed by atoms with Crippen molar-refractivity contribution in [2.75, 3.05) is 7.11 Å².